The number of benzene rings is 1. The Kier molecular flexibility index (Phi) is 2.39. The maximum Gasteiger partial charge on any atom is 0.0953 e. The van der Waals surface area contributed by atoms with Gasteiger partial charge in [0.05, 0.1) is 11.2 Å². The molecule has 1 heterocycles. The van der Waals surface area contributed by atoms with Crippen LogP contribution in [0.2, 0.25) is 0 Å². The molecule has 0 unspecified atom stereocenters. The van der Waals surface area contributed by atoms with Gasteiger partial charge in [-0.1, -0.05) is 6.92 Å². The van der Waals surface area contributed by atoms with E-state index in [9.17, 15) is 0 Å². The quantitative estimate of drug-likeness (QED) is 0.775. The Morgan fingerprint density at radius 3 is 2.88 bits per heavy atom. The molecule has 0 saturated heterocycles. The molecule has 0 bridgehead atoms. The predicted octanol–water partition coefficient (Wildman–Crippen LogP) is 3.03. The summed E-state index contributed by atoms with van der Waals surface area (Å²) in [6.07, 6.45) is 4.31. The van der Waals surface area contributed by atoms with Gasteiger partial charge in [-0.25, -0.2) is 0 Å². The topological polar surface area (TPSA) is 50.9 Å². The highest BCUT2D eigenvalue weighted by Crippen LogP contribution is 2.32. The molecule has 3 rings (SSSR count). The fourth-order valence-corrected chi connectivity index (χ4v) is 2.55. The summed E-state index contributed by atoms with van der Waals surface area (Å²) in [5.41, 5.74) is 8.83. The molecule has 2 aromatic rings. The van der Waals surface area contributed by atoms with Crippen molar-refractivity contribution in [1.82, 2.24) is 4.98 Å². The molecule has 0 radical (unpaired) electrons. The summed E-state index contributed by atoms with van der Waals surface area (Å²) in [7, 11) is 0. The first-order valence-electron chi connectivity index (χ1n) is 6.14. The van der Waals surface area contributed by atoms with E-state index in [-0.39, 0.29) is 0 Å². The second-order valence-corrected chi connectivity index (χ2v) is 5.02. The molecule has 1 aromatic carbocycles. The molecular formula is C14H17N3. The smallest absolute Gasteiger partial charge is 0.0953 e. The Morgan fingerprint density at radius 1 is 1.29 bits per heavy atom. The van der Waals surface area contributed by atoms with Crippen molar-refractivity contribution < 1.29 is 0 Å². The van der Waals surface area contributed by atoms with Crippen molar-refractivity contribution in [3.05, 3.63) is 30.5 Å². The van der Waals surface area contributed by atoms with Crippen molar-refractivity contribution in [3.63, 3.8) is 0 Å². The van der Waals surface area contributed by atoms with Gasteiger partial charge in [0.25, 0.3) is 0 Å². The maximum atomic E-state index is 5.96. The van der Waals surface area contributed by atoms with Crippen LogP contribution in [0.5, 0.6) is 0 Å². The van der Waals surface area contributed by atoms with E-state index in [0.717, 1.165) is 28.2 Å². The lowest BCUT2D eigenvalue weighted by Crippen LogP contribution is -2.33. The number of nitrogen functional groups attached to an aromatic ring is 1. The van der Waals surface area contributed by atoms with Crippen LogP contribution in [0.25, 0.3) is 10.9 Å². The lowest BCUT2D eigenvalue weighted by atomic mass is 9.82. The minimum Gasteiger partial charge on any atom is -0.398 e. The number of nitrogens with one attached hydrogen (secondary N) is 1. The van der Waals surface area contributed by atoms with Gasteiger partial charge in [-0.15, -0.1) is 0 Å². The monoisotopic (exact) mass is 227 g/mol. The molecule has 88 valence electrons. The van der Waals surface area contributed by atoms with Crippen LogP contribution in [0.3, 0.4) is 0 Å². The Bertz CT molecular complexity index is 544. The number of aromatic nitrogens is 1. The van der Waals surface area contributed by atoms with Crippen LogP contribution in [-0.2, 0) is 0 Å². The molecule has 3 N–H and O–H groups in total. The normalized spacial score (nSPS) is 23.4. The molecule has 0 amide bonds. The predicted molar refractivity (Wildman–Crippen MR) is 72.0 cm³/mol. The molecule has 3 heteroatoms. The number of hydrogen-bond donors (Lipinski definition) is 2. The number of nitrogens with zero attached hydrogens (tertiary/aromatic N) is 1. The van der Waals surface area contributed by atoms with Gasteiger partial charge in [0.2, 0.25) is 0 Å². The Hall–Kier alpha value is -1.77. The van der Waals surface area contributed by atoms with Gasteiger partial charge in [-0.2, -0.15) is 0 Å². The number of nitrogens with two attached hydrogens (primary N) is 1. The van der Waals surface area contributed by atoms with E-state index >= 15 is 0 Å². The first-order chi connectivity index (χ1) is 8.24. The molecule has 1 fully saturated rings. The number of rotatable bonds is 2. The van der Waals surface area contributed by atoms with Crippen molar-refractivity contribution in [2.75, 3.05) is 11.1 Å². The highest BCUT2D eigenvalue weighted by molar-refractivity contribution is 5.98. The molecule has 3 nitrogen and oxygen atoms in total. The second-order valence-electron chi connectivity index (χ2n) is 5.02. The third kappa shape index (κ3) is 1.82. The largest absolute Gasteiger partial charge is 0.398 e. The lowest BCUT2D eigenvalue weighted by molar-refractivity contribution is 0.309. The van der Waals surface area contributed by atoms with Gasteiger partial charge in [0.15, 0.2) is 0 Å². The molecule has 1 aromatic heterocycles. The first-order valence-corrected chi connectivity index (χ1v) is 6.14. The Labute approximate surface area is 101 Å². The molecule has 17 heavy (non-hydrogen) atoms. The fraction of sp³-hybridized carbons (Fsp3) is 0.357. The summed E-state index contributed by atoms with van der Waals surface area (Å²) in [6.45, 7) is 2.29. The van der Waals surface area contributed by atoms with E-state index in [2.05, 4.69) is 17.2 Å². The fourth-order valence-electron chi connectivity index (χ4n) is 2.55. The second kappa shape index (κ2) is 3.91. The van der Waals surface area contributed by atoms with Gasteiger partial charge in [0.1, 0.15) is 0 Å². The maximum absolute atomic E-state index is 5.96. The van der Waals surface area contributed by atoms with Crippen molar-refractivity contribution in [2.24, 2.45) is 5.92 Å². The molecule has 0 atom stereocenters. The van der Waals surface area contributed by atoms with Gasteiger partial charge >= 0.3 is 0 Å². The van der Waals surface area contributed by atoms with E-state index in [1.807, 2.05) is 30.5 Å². The van der Waals surface area contributed by atoms with Crippen LogP contribution < -0.4 is 11.1 Å². The van der Waals surface area contributed by atoms with Crippen LogP contribution in [0.15, 0.2) is 30.5 Å². The zero-order valence-corrected chi connectivity index (χ0v) is 9.98. The molecule has 1 saturated carbocycles. The summed E-state index contributed by atoms with van der Waals surface area (Å²) in [4.78, 5) is 4.43. The van der Waals surface area contributed by atoms with E-state index in [4.69, 9.17) is 5.73 Å². The average molecular weight is 227 g/mol. The lowest BCUT2D eigenvalue weighted by Gasteiger charge is -2.34. The number of hydrogen-bond acceptors (Lipinski definition) is 3. The van der Waals surface area contributed by atoms with Crippen LogP contribution in [0.1, 0.15) is 19.8 Å². The molecule has 1 aliphatic carbocycles. The van der Waals surface area contributed by atoms with E-state index < -0.39 is 0 Å². The van der Waals surface area contributed by atoms with E-state index in [1.54, 1.807) is 0 Å². The molecular weight excluding hydrogens is 210 g/mol. The van der Waals surface area contributed by atoms with Crippen LogP contribution in [0, 0.1) is 5.92 Å². The molecule has 1 aliphatic rings. The zero-order chi connectivity index (χ0) is 11.8. The minimum atomic E-state index is 0.596. The summed E-state index contributed by atoms with van der Waals surface area (Å²) in [5.74, 6) is 0.848. The minimum absolute atomic E-state index is 0.596. The summed E-state index contributed by atoms with van der Waals surface area (Å²) < 4.78 is 0. The van der Waals surface area contributed by atoms with Crippen molar-refractivity contribution in [2.45, 2.75) is 25.8 Å². The van der Waals surface area contributed by atoms with E-state index in [0.29, 0.717) is 6.04 Å². The summed E-state index contributed by atoms with van der Waals surface area (Å²) >= 11 is 0. The highest BCUT2D eigenvalue weighted by Gasteiger charge is 2.25. The van der Waals surface area contributed by atoms with Gasteiger partial charge in [-0.3, -0.25) is 4.98 Å². The SMILES string of the molecule is CC1CC(Nc2ccc(N)c3cccnc23)C1. The third-order valence-corrected chi connectivity index (χ3v) is 3.54. The summed E-state index contributed by atoms with van der Waals surface area (Å²) in [6, 6.07) is 8.53. The third-order valence-electron chi connectivity index (χ3n) is 3.54. The van der Waals surface area contributed by atoms with E-state index in [1.165, 1.54) is 12.8 Å². The standard InChI is InChI=1S/C14H17N3/c1-9-7-10(8-9)17-13-5-4-12(15)11-3-2-6-16-14(11)13/h2-6,9-10,17H,7-8,15H2,1H3. The van der Waals surface area contributed by atoms with Crippen molar-refractivity contribution >= 4 is 22.3 Å². The zero-order valence-electron chi connectivity index (χ0n) is 9.98. The van der Waals surface area contributed by atoms with Gasteiger partial charge in [-0.05, 0) is 43.0 Å². The Balaban J connectivity index is 1.96. The van der Waals surface area contributed by atoms with Gasteiger partial charge < -0.3 is 11.1 Å². The summed E-state index contributed by atoms with van der Waals surface area (Å²) in [5, 5.41) is 4.59. The highest BCUT2D eigenvalue weighted by atomic mass is 15.0. The van der Waals surface area contributed by atoms with Gasteiger partial charge in [0, 0.05) is 23.3 Å². The molecule has 0 spiro atoms. The number of fused-ring (bicyclic) bond motifs is 1. The number of anilines is 2. The average Bonchev–Trinajstić information content (AvgIpc) is 2.31. The van der Waals surface area contributed by atoms with Crippen LogP contribution in [-0.4, -0.2) is 11.0 Å². The first kappa shape index (κ1) is 10.4. The van der Waals surface area contributed by atoms with Crippen molar-refractivity contribution in [3.8, 4) is 0 Å². The number of pyridine rings is 1. The van der Waals surface area contributed by atoms with Crippen LogP contribution >= 0.6 is 0 Å². The Morgan fingerprint density at radius 2 is 2.12 bits per heavy atom. The van der Waals surface area contributed by atoms with Crippen LogP contribution in [0.4, 0.5) is 11.4 Å². The molecule has 0 aliphatic heterocycles. The van der Waals surface area contributed by atoms with Crippen molar-refractivity contribution in [1.29, 1.82) is 0 Å².